The van der Waals surface area contributed by atoms with Crippen LogP contribution in [0.1, 0.15) is 12.8 Å². The van der Waals surface area contributed by atoms with Crippen LogP contribution < -0.4 is 5.73 Å². The molecule has 0 saturated carbocycles. The molecular formula is C10H11BrClNO4S. The van der Waals surface area contributed by atoms with Gasteiger partial charge in [0.25, 0.3) is 10.1 Å². The Morgan fingerprint density at radius 1 is 1.44 bits per heavy atom. The molecule has 0 spiro atoms. The van der Waals surface area contributed by atoms with Crippen molar-refractivity contribution in [3.8, 4) is 0 Å². The minimum Gasteiger partial charge on any atom is -0.370 e. The first-order valence-electron chi connectivity index (χ1n) is 4.96. The molecule has 0 saturated heterocycles. The summed E-state index contributed by atoms with van der Waals surface area (Å²) in [4.78, 5) is 10.4. The lowest BCUT2D eigenvalue weighted by Gasteiger charge is -2.07. The third kappa shape index (κ3) is 4.56. The molecule has 5 nitrogen and oxygen atoms in total. The Bertz CT molecular complexity index is 547. The summed E-state index contributed by atoms with van der Waals surface area (Å²) in [5.41, 5.74) is 4.92. The third-order valence-electron chi connectivity index (χ3n) is 1.97. The number of benzene rings is 1. The highest BCUT2D eigenvalue weighted by atomic mass is 79.9. The Morgan fingerprint density at radius 2 is 2.11 bits per heavy atom. The van der Waals surface area contributed by atoms with Crippen LogP contribution in [-0.4, -0.2) is 20.9 Å². The van der Waals surface area contributed by atoms with Crippen LogP contribution in [0.2, 0.25) is 5.02 Å². The molecule has 1 rings (SSSR count). The van der Waals surface area contributed by atoms with E-state index in [9.17, 15) is 13.2 Å². The Labute approximate surface area is 119 Å². The molecule has 0 unspecified atom stereocenters. The molecule has 1 aromatic carbocycles. The van der Waals surface area contributed by atoms with Crippen LogP contribution in [0.15, 0.2) is 27.6 Å². The first-order valence-corrected chi connectivity index (χ1v) is 7.53. The Morgan fingerprint density at radius 3 is 2.67 bits per heavy atom. The molecular weight excluding hydrogens is 346 g/mol. The van der Waals surface area contributed by atoms with Gasteiger partial charge in [0.15, 0.2) is 0 Å². The summed E-state index contributed by atoms with van der Waals surface area (Å²) in [6.07, 6.45) is 0.312. The van der Waals surface area contributed by atoms with Crippen LogP contribution in [0.25, 0.3) is 0 Å². The summed E-state index contributed by atoms with van der Waals surface area (Å²) < 4.78 is 29.0. The molecule has 0 bridgehead atoms. The van der Waals surface area contributed by atoms with Gasteiger partial charge < -0.3 is 5.73 Å². The number of amides is 1. The van der Waals surface area contributed by atoms with Crippen LogP contribution in [-0.2, 0) is 19.1 Å². The molecule has 18 heavy (non-hydrogen) atoms. The molecule has 0 aliphatic carbocycles. The van der Waals surface area contributed by atoms with Gasteiger partial charge in [-0.05, 0) is 24.6 Å². The van der Waals surface area contributed by atoms with E-state index < -0.39 is 16.0 Å². The summed E-state index contributed by atoms with van der Waals surface area (Å²) in [6, 6.07) is 4.35. The number of carbonyl (C=O) groups excluding carboxylic acids is 1. The van der Waals surface area contributed by atoms with E-state index >= 15 is 0 Å². The number of primary amides is 1. The molecule has 0 aromatic heterocycles. The molecule has 1 aromatic rings. The number of rotatable bonds is 6. The highest BCUT2D eigenvalue weighted by molar-refractivity contribution is 9.10. The van der Waals surface area contributed by atoms with Gasteiger partial charge in [0, 0.05) is 10.9 Å². The average molecular weight is 357 g/mol. The van der Waals surface area contributed by atoms with Gasteiger partial charge in [-0.25, -0.2) is 0 Å². The van der Waals surface area contributed by atoms with Crippen LogP contribution >= 0.6 is 27.5 Å². The summed E-state index contributed by atoms with van der Waals surface area (Å²) in [5, 5.41) is 0.0688. The Kier molecular flexibility index (Phi) is 5.58. The topological polar surface area (TPSA) is 86.5 Å². The number of hydrogen-bond donors (Lipinski definition) is 1. The predicted molar refractivity (Wildman–Crippen MR) is 70.7 cm³/mol. The minimum absolute atomic E-state index is 0.0688. The fourth-order valence-corrected chi connectivity index (χ4v) is 3.11. The maximum atomic E-state index is 11.8. The normalized spacial score (nSPS) is 11.4. The largest absolute Gasteiger partial charge is 0.370 e. The van der Waals surface area contributed by atoms with E-state index in [0.29, 0.717) is 4.47 Å². The van der Waals surface area contributed by atoms with Crippen LogP contribution in [0.3, 0.4) is 0 Å². The van der Waals surface area contributed by atoms with Crippen LogP contribution in [0, 0.1) is 0 Å². The zero-order chi connectivity index (χ0) is 13.8. The molecule has 0 aliphatic heterocycles. The van der Waals surface area contributed by atoms with Crippen molar-refractivity contribution in [2.24, 2.45) is 5.73 Å². The summed E-state index contributed by atoms with van der Waals surface area (Å²) in [6.45, 7) is -0.113. The van der Waals surface area contributed by atoms with Gasteiger partial charge in [-0.15, -0.1) is 0 Å². The van der Waals surface area contributed by atoms with Gasteiger partial charge in [0.2, 0.25) is 5.91 Å². The maximum Gasteiger partial charge on any atom is 0.298 e. The van der Waals surface area contributed by atoms with Gasteiger partial charge in [-0.2, -0.15) is 8.42 Å². The number of halogens is 2. The van der Waals surface area contributed by atoms with E-state index in [-0.39, 0.29) is 29.4 Å². The van der Waals surface area contributed by atoms with Crippen LogP contribution in [0.4, 0.5) is 0 Å². The van der Waals surface area contributed by atoms with Gasteiger partial charge in [0.1, 0.15) is 4.90 Å². The molecule has 0 fully saturated rings. The standard InChI is InChI=1S/C10H11BrClNO4S/c11-7-3-4-9(8(12)6-7)18(15,16)17-5-1-2-10(13)14/h3-4,6H,1-2,5H2,(H2,13,14). The van der Waals surface area contributed by atoms with E-state index in [4.69, 9.17) is 21.5 Å². The third-order valence-corrected chi connectivity index (χ3v) is 4.26. The predicted octanol–water partition coefficient (Wildman–Crippen LogP) is 2.07. The molecule has 0 radical (unpaired) electrons. The second-order valence-electron chi connectivity index (χ2n) is 3.42. The van der Waals surface area contributed by atoms with Crippen molar-refractivity contribution < 1.29 is 17.4 Å². The lowest BCUT2D eigenvalue weighted by Crippen LogP contribution is -2.13. The minimum atomic E-state index is -3.91. The quantitative estimate of drug-likeness (QED) is 0.624. The SMILES string of the molecule is NC(=O)CCCOS(=O)(=O)c1ccc(Br)cc1Cl. The highest BCUT2D eigenvalue weighted by Crippen LogP contribution is 2.26. The fourth-order valence-electron chi connectivity index (χ4n) is 1.16. The first kappa shape index (κ1) is 15.4. The number of carbonyl (C=O) groups is 1. The van der Waals surface area contributed by atoms with Crippen molar-refractivity contribution in [3.05, 3.63) is 27.7 Å². The molecule has 0 atom stereocenters. The van der Waals surface area contributed by atoms with Crippen molar-refractivity contribution >= 4 is 43.6 Å². The van der Waals surface area contributed by atoms with E-state index in [1.54, 1.807) is 6.07 Å². The summed E-state index contributed by atoms with van der Waals surface area (Å²) in [5.74, 6) is -0.502. The maximum absolute atomic E-state index is 11.8. The van der Waals surface area contributed by atoms with E-state index in [1.165, 1.54) is 12.1 Å². The first-order chi connectivity index (χ1) is 8.33. The Hall–Kier alpha value is -0.630. The smallest absolute Gasteiger partial charge is 0.298 e. The molecule has 100 valence electrons. The number of hydrogen-bond acceptors (Lipinski definition) is 4. The average Bonchev–Trinajstić information content (AvgIpc) is 2.23. The van der Waals surface area contributed by atoms with Gasteiger partial charge in [0.05, 0.1) is 11.6 Å². The molecule has 1 amide bonds. The fraction of sp³-hybridized carbons (Fsp3) is 0.300. The van der Waals surface area contributed by atoms with Crippen molar-refractivity contribution in [2.45, 2.75) is 17.7 Å². The van der Waals surface area contributed by atoms with Gasteiger partial charge >= 0.3 is 0 Å². The molecule has 2 N–H and O–H groups in total. The second kappa shape index (κ2) is 6.51. The van der Waals surface area contributed by atoms with Crippen LogP contribution in [0.5, 0.6) is 0 Å². The lowest BCUT2D eigenvalue weighted by atomic mass is 10.3. The monoisotopic (exact) mass is 355 g/mol. The molecule has 8 heteroatoms. The van der Waals surface area contributed by atoms with Crippen molar-refractivity contribution in [2.75, 3.05) is 6.61 Å². The Balaban J connectivity index is 2.71. The lowest BCUT2D eigenvalue weighted by molar-refractivity contribution is -0.118. The van der Waals surface area contributed by atoms with E-state index in [0.717, 1.165) is 0 Å². The second-order valence-corrected chi connectivity index (χ2v) is 6.33. The highest BCUT2D eigenvalue weighted by Gasteiger charge is 2.18. The number of nitrogens with two attached hydrogens (primary N) is 1. The van der Waals surface area contributed by atoms with Gasteiger partial charge in [-0.1, -0.05) is 27.5 Å². The summed E-state index contributed by atoms with van der Waals surface area (Å²) >= 11 is 8.99. The summed E-state index contributed by atoms with van der Waals surface area (Å²) in [7, 11) is -3.91. The van der Waals surface area contributed by atoms with E-state index in [2.05, 4.69) is 15.9 Å². The zero-order valence-electron chi connectivity index (χ0n) is 9.23. The zero-order valence-corrected chi connectivity index (χ0v) is 12.4. The van der Waals surface area contributed by atoms with Crippen molar-refractivity contribution in [1.82, 2.24) is 0 Å². The molecule has 0 heterocycles. The van der Waals surface area contributed by atoms with E-state index in [1.807, 2.05) is 0 Å². The van der Waals surface area contributed by atoms with Crippen molar-refractivity contribution in [3.63, 3.8) is 0 Å². The molecule has 0 aliphatic rings. The van der Waals surface area contributed by atoms with Gasteiger partial charge in [-0.3, -0.25) is 8.98 Å². The van der Waals surface area contributed by atoms with Crippen molar-refractivity contribution in [1.29, 1.82) is 0 Å².